The Hall–Kier alpha value is -1.88. The number of carbonyl (C=O) groups is 3. The van der Waals surface area contributed by atoms with Gasteiger partial charge in [0.1, 0.15) is 0 Å². The Bertz CT molecular complexity index is 551. The average molecular weight is 312 g/mol. The van der Waals surface area contributed by atoms with E-state index < -0.39 is 22.5 Å². The van der Waals surface area contributed by atoms with Crippen LogP contribution >= 0.6 is 11.6 Å². The van der Waals surface area contributed by atoms with Gasteiger partial charge in [-0.15, -0.1) is 11.6 Å². The second kappa shape index (κ2) is 6.72. The Kier molecular flexibility index (Phi) is 5.49. The van der Waals surface area contributed by atoms with E-state index in [0.717, 1.165) is 0 Å². The van der Waals surface area contributed by atoms with Gasteiger partial charge in [0.05, 0.1) is 0 Å². The molecule has 1 rings (SSSR count). The summed E-state index contributed by atoms with van der Waals surface area (Å²) < 4.78 is 0. The summed E-state index contributed by atoms with van der Waals surface area (Å²) in [4.78, 5) is 34.4. The van der Waals surface area contributed by atoms with Gasteiger partial charge in [0, 0.05) is 16.7 Å². The first-order valence-electron chi connectivity index (χ1n) is 6.51. The van der Waals surface area contributed by atoms with Gasteiger partial charge in [-0.1, -0.05) is 20.8 Å². The second-order valence-corrected chi connectivity index (χ2v) is 5.77. The molecule has 0 saturated carbocycles. The van der Waals surface area contributed by atoms with E-state index in [1.54, 1.807) is 12.1 Å². The minimum atomic E-state index is -1.61. The van der Waals surface area contributed by atoms with Crippen molar-refractivity contribution in [1.29, 1.82) is 0 Å². The first-order valence-corrected chi connectivity index (χ1v) is 6.95. The number of carboxylic acid groups (broad SMARTS) is 1. The number of ketones is 1. The lowest BCUT2D eigenvalue weighted by atomic mass is 9.89. The fourth-order valence-corrected chi connectivity index (χ4v) is 1.56. The van der Waals surface area contributed by atoms with E-state index in [0.29, 0.717) is 12.1 Å². The molecule has 0 aliphatic heterocycles. The predicted octanol–water partition coefficient (Wildman–Crippen LogP) is 2.94. The number of nitrogens with one attached hydrogen (secondary N) is 1. The first kappa shape index (κ1) is 17.2. The van der Waals surface area contributed by atoms with Crippen LogP contribution in [-0.4, -0.2) is 28.1 Å². The number of alkyl halides is 1. The van der Waals surface area contributed by atoms with E-state index in [4.69, 9.17) is 16.7 Å². The number of hydrogen-bond acceptors (Lipinski definition) is 3. The highest BCUT2D eigenvalue weighted by Gasteiger charge is 2.26. The molecule has 2 N–H and O–H groups in total. The van der Waals surface area contributed by atoms with Crippen LogP contribution in [0.3, 0.4) is 0 Å². The molecule has 0 spiro atoms. The molecule has 0 bridgehead atoms. The van der Waals surface area contributed by atoms with E-state index in [2.05, 4.69) is 5.32 Å². The molecule has 0 saturated heterocycles. The molecular formula is C15H18ClNO4. The SMILES string of the molecule is CCC(C)(C)C(=O)Nc1ccc(C(=O)C(Cl)C(=O)O)cc1. The van der Waals surface area contributed by atoms with Gasteiger partial charge in [0.15, 0.2) is 11.2 Å². The van der Waals surface area contributed by atoms with Gasteiger partial charge in [0.25, 0.3) is 0 Å². The smallest absolute Gasteiger partial charge is 0.329 e. The normalized spacial score (nSPS) is 12.6. The summed E-state index contributed by atoms with van der Waals surface area (Å²) in [5, 5.41) is 9.84. The van der Waals surface area contributed by atoms with E-state index in [1.165, 1.54) is 12.1 Å². The van der Waals surface area contributed by atoms with Crippen molar-refractivity contribution in [3.63, 3.8) is 0 Å². The topological polar surface area (TPSA) is 83.5 Å². The molecule has 1 unspecified atom stereocenters. The fraction of sp³-hybridized carbons (Fsp3) is 0.400. The second-order valence-electron chi connectivity index (χ2n) is 5.33. The average Bonchev–Trinajstić information content (AvgIpc) is 2.46. The fourth-order valence-electron chi connectivity index (χ4n) is 1.44. The number of benzene rings is 1. The van der Waals surface area contributed by atoms with Crippen molar-refractivity contribution in [2.75, 3.05) is 5.32 Å². The Morgan fingerprint density at radius 1 is 1.24 bits per heavy atom. The van der Waals surface area contributed by atoms with Gasteiger partial charge in [-0.05, 0) is 30.7 Å². The number of Topliss-reactive ketones (excluding diaryl/α,β-unsaturated/α-hetero) is 1. The predicted molar refractivity (Wildman–Crippen MR) is 80.8 cm³/mol. The van der Waals surface area contributed by atoms with Crippen LogP contribution in [0.15, 0.2) is 24.3 Å². The Labute approximate surface area is 128 Å². The third kappa shape index (κ3) is 4.29. The maximum atomic E-state index is 12.0. The largest absolute Gasteiger partial charge is 0.480 e. The van der Waals surface area contributed by atoms with Crippen LogP contribution < -0.4 is 5.32 Å². The molecule has 0 aromatic heterocycles. The summed E-state index contributed by atoms with van der Waals surface area (Å²) in [5.41, 5.74) is 0.239. The molecular weight excluding hydrogens is 294 g/mol. The minimum Gasteiger partial charge on any atom is -0.480 e. The van der Waals surface area contributed by atoms with Crippen molar-refractivity contribution >= 4 is 34.9 Å². The summed E-state index contributed by atoms with van der Waals surface area (Å²) in [6.45, 7) is 5.60. The van der Waals surface area contributed by atoms with E-state index in [-0.39, 0.29) is 11.5 Å². The van der Waals surface area contributed by atoms with Crippen molar-refractivity contribution in [2.45, 2.75) is 32.6 Å². The van der Waals surface area contributed by atoms with Gasteiger partial charge in [-0.3, -0.25) is 14.4 Å². The quantitative estimate of drug-likeness (QED) is 0.480. The molecule has 1 atom stereocenters. The monoisotopic (exact) mass is 311 g/mol. The number of amides is 1. The highest BCUT2D eigenvalue weighted by Crippen LogP contribution is 2.22. The summed E-state index contributed by atoms with van der Waals surface area (Å²) in [6.07, 6.45) is 0.696. The number of anilines is 1. The first-order chi connectivity index (χ1) is 9.69. The highest BCUT2D eigenvalue weighted by molar-refractivity contribution is 6.43. The minimum absolute atomic E-state index is 0.121. The van der Waals surface area contributed by atoms with E-state index in [1.807, 2.05) is 20.8 Å². The van der Waals surface area contributed by atoms with Crippen molar-refractivity contribution in [2.24, 2.45) is 5.41 Å². The molecule has 1 aromatic rings. The molecule has 0 heterocycles. The van der Waals surface area contributed by atoms with Crippen LogP contribution in [0.5, 0.6) is 0 Å². The number of carbonyl (C=O) groups excluding carboxylic acids is 2. The van der Waals surface area contributed by atoms with Crippen molar-refractivity contribution in [1.82, 2.24) is 0 Å². The molecule has 6 heteroatoms. The molecule has 5 nitrogen and oxygen atoms in total. The van der Waals surface area contributed by atoms with Crippen LogP contribution in [0.4, 0.5) is 5.69 Å². The molecule has 21 heavy (non-hydrogen) atoms. The number of carboxylic acids is 1. The zero-order chi connectivity index (χ0) is 16.2. The van der Waals surface area contributed by atoms with E-state index in [9.17, 15) is 14.4 Å². The van der Waals surface area contributed by atoms with Crippen LogP contribution in [0.2, 0.25) is 0 Å². The third-order valence-corrected chi connectivity index (χ3v) is 3.76. The lowest BCUT2D eigenvalue weighted by Gasteiger charge is -2.21. The van der Waals surface area contributed by atoms with Gasteiger partial charge < -0.3 is 10.4 Å². The lowest BCUT2D eigenvalue weighted by Crippen LogP contribution is -2.30. The molecule has 0 aliphatic rings. The van der Waals surface area contributed by atoms with Crippen molar-refractivity contribution in [3.05, 3.63) is 29.8 Å². The third-order valence-electron chi connectivity index (χ3n) is 3.37. The molecule has 114 valence electrons. The molecule has 0 aliphatic carbocycles. The zero-order valence-electron chi connectivity index (χ0n) is 12.1. The zero-order valence-corrected chi connectivity index (χ0v) is 12.9. The number of aliphatic carboxylic acids is 1. The maximum absolute atomic E-state index is 12.0. The van der Waals surface area contributed by atoms with Crippen LogP contribution in [0, 0.1) is 5.41 Å². The molecule has 0 fully saturated rings. The summed E-state index contributed by atoms with van der Waals surface area (Å²) in [5.74, 6) is -2.19. The summed E-state index contributed by atoms with van der Waals surface area (Å²) >= 11 is 5.48. The molecule has 0 radical (unpaired) electrons. The maximum Gasteiger partial charge on any atom is 0.329 e. The Morgan fingerprint density at radius 3 is 2.19 bits per heavy atom. The van der Waals surface area contributed by atoms with E-state index >= 15 is 0 Å². The number of hydrogen-bond donors (Lipinski definition) is 2. The summed E-state index contributed by atoms with van der Waals surface area (Å²) in [6, 6.07) is 5.97. The van der Waals surface area contributed by atoms with Gasteiger partial charge in [-0.25, -0.2) is 0 Å². The van der Waals surface area contributed by atoms with Gasteiger partial charge in [0.2, 0.25) is 5.91 Å². The Morgan fingerprint density at radius 2 is 1.76 bits per heavy atom. The van der Waals surface area contributed by atoms with Crippen LogP contribution in [0.25, 0.3) is 0 Å². The number of rotatable bonds is 6. The van der Waals surface area contributed by atoms with Crippen LogP contribution in [-0.2, 0) is 9.59 Å². The Balaban J connectivity index is 2.82. The van der Waals surface area contributed by atoms with Gasteiger partial charge in [-0.2, -0.15) is 0 Å². The molecule has 1 amide bonds. The van der Waals surface area contributed by atoms with Crippen molar-refractivity contribution < 1.29 is 19.5 Å². The summed E-state index contributed by atoms with van der Waals surface area (Å²) in [7, 11) is 0. The van der Waals surface area contributed by atoms with Crippen molar-refractivity contribution in [3.8, 4) is 0 Å². The number of halogens is 1. The standard InChI is InChI=1S/C15H18ClNO4/c1-4-15(2,3)14(21)17-10-7-5-9(6-8-10)12(18)11(16)13(19)20/h5-8,11H,4H2,1-3H3,(H,17,21)(H,19,20). The lowest BCUT2D eigenvalue weighted by molar-refractivity contribution is -0.135. The molecule has 1 aromatic carbocycles. The highest BCUT2D eigenvalue weighted by atomic mass is 35.5. The van der Waals surface area contributed by atoms with Crippen LogP contribution in [0.1, 0.15) is 37.6 Å². The van der Waals surface area contributed by atoms with Gasteiger partial charge >= 0.3 is 5.97 Å².